The zero-order valence-electron chi connectivity index (χ0n) is 25.7. The lowest BCUT2D eigenvalue weighted by Crippen LogP contribution is -1.97. The highest BCUT2D eigenvalue weighted by Gasteiger charge is 1.96. The number of carboxylic acids is 1. The van der Waals surface area contributed by atoms with Gasteiger partial charge >= 0.3 is 5.97 Å². The monoisotopic (exact) mass is 525 g/mol. The van der Waals surface area contributed by atoms with Gasteiger partial charge in [-0.1, -0.05) is 148 Å². The van der Waals surface area contributed by atoms with E-state index >= 15 is 0 Å². The van der Waals surface area contributed by atoms with Crippen molar-refractivity contribution in [3.8, 4) is 0 Å². The van der Waals surface area contributed by atoms with Gasteiger partial charge in [-0.05, 0) is 44.9 Å². The van der Waals surface area contributed by atoms with Crippen LogP contribution in [0.15, 0.2) is 12.2 Å². The average molecular weight is 525 g/mol. The van der Waals surface area contributed by atoms with E-state index in [4.69, 9.17) is 9.84 Å². The second-order valence-electron chi connectivity index (χ2n) is 10.9. The first-order valence-electron chi connectivity index (χ1n) is 16.6. The highest BCUT2D eigenvalue weighted by atomic mass is 16.5. The predicted octanol–water partition coefficient (Wildman–Crippen LogP) is 11.8. The van der Waals surface area contributed by atoms with Gasteiger partial charge in [0, 0.05) is 19.6 Å². The SMILES string of the molecule is CCCCCCCC/C=C\CCCCCCCC(=O)O.CCCCCCCCCCOCCCCCC. The zero-order valence-corrected chi connectivity index (χ0v) is 25.7. The van der Waals surface area contributed by atoms with E-state index in [0.717, 1.165) is 26.1 Å². The first kappa shape index (κ1) is 38.3. The highest BCUT2D eigenvalue weighted by Crippen LogP contribution is 2.10. The summed E-state index contributed by atoms with van der Waals surface area (Å²) >= 11 is 0. The van der Waals surface area contributed by atoms with Crippen molar-refractivity contribution < 1.29 is 14.6 Å². The highest BCUT2D eigenvalue weighted by molar-refractivity contribution is 5.66. The minimum atomic E-state index is -0.664. The summed E-state index contributed by atoms with van der Waals surface area (Å²) in [6, 6.07) is 0. The van der Waals surface area contributed by atoms with E-state index in [-0.39, 0.29) is 0 Å². The molecular weight excluding hydrogens is 456 g/mol. The number of carbonyl (C=O) groups is 1. The van der Waals surface area contributed by atoms with Gasteiger partial charge in [-0.15, -0.1) is 0 Å². The molecule has 0 rings (SSSR count). The van der Waals surface area contributed by atoms with Crippen molar-refractivity contribution in [3.63, 3.8) is 0 Å². The van der Waals surface area contributed by atoms with Crippen molar-refractivity contribution in [1.29, 1.82) is 0 Å². The summed E-state index contributed by atoms with van der Waals surface area (Å²) in [5, 5.41) is 8.51. The fraction of sp³-hybridized carbons (Fsp3) is 0.912. The molecule has 3 nitrogen and oxygen atoms in total. The third-order valence-corrected chi connectivity index (χ3v) is 6.94. The van der Waals surface area contributed by atoms with Gasteiger partial charge in [0.25, 0.3) is 0 Å². The number of unbranched alkanes of at least 4 members (excludes halogenated alkanes) is 21. The van der Waals surface area contributed by atoms with Crippen molar-refractivity contribution >= 4 is 5.97 Å². The minimum Gasteiger partial charge on any atom is -0.481 e. The van der Waals surface area contributed by atoms with Crippen LogP contribution in [0.25, 0.3) is 0 Å². The number of hydrogen-bond acceptors (Lipinski definition) is 2. The van der Waals surface area contributed by atoms with Crippen molar-refractivity contribution in [3.05, 3.63) is 12.2 Å². The molecule has 0 aromatic heterocycles. The van der Waals surface area contributed by atoms with Crippen LogP contribution in [0.2, 0.25) is 0 Å². The molecule has 0 radical (unpaired) electrons. The number of hydrogen-bond donors (Lipinski definition) is 1. The topological polar surface area (TPSA) is 46.5 Å². The Morgan fingerprint density at radius 2 is 0.811 bits per heavy atom. The van der Waals surface area contributed by atoms with E-state index in [0.29, 0.717) is 6.42 Å². The zero-order chi connectivity index (χ0) is 27.5. The van der Waals surface area contributed by atoms with Crippen molar-refractivity contribution in [2.24, 2.45) is 0 Å². The van der Waals surface area contributed by atoms with Gasteiger partial charge in [0.1, 0.15) is 0 Å². The van der Waals surface area contributed by atoms with Crippen LogP contribution in [0.5, 0.6) is 0 Å². The van der Waals surface area contributed by atoms with Gasteiger partial charge in [-0.2, -0.15) is 0 Å². The Balaban J connectivity index is 0. The van der Waals surface area contributed by atoms with Gasteiger partial charge in [0.2, 0.25) is 0 Å². The standard InChI is InChI=1S/C18H34O2.C16H34O/c1-2-3-4-5-6-7-8-9-10-11-12-13-14-15-16-17-18(19)20;1-3-5-7-9-10-11-12-14-16-17-15-13-8-6-4-2/h9-10H,2-8,11-17H2,1H3,(H,19,20);3-16H2,1-2H3/b10-9-;. The molecule has 0 aromatic rings. The Hall–Kier alpha value is -0.830. The molecule has 0 aliphatic heterocycles. The molecule has 0 unspecified atom stereocenters. The molecule has 0 bridgehead atoms. The normalized spacial score (nSPS) is 11.1. The number of ether oxygens (including phenoxy) is 1. The summed E-state index contributed by atoms with van der Waals surface area (Å²) in [4.78, 5) is 10.3. The lowest BCUT2D eigenvalue weighted by molar-refractivity contribution is -0.137. The third kappa shape index (κ3) is 42.5. The van der Waals surface area contributed by atoms with E-state index in [9.17, 15) is 4.79 Å². The summed E-state index contributed by atoms with van der Waals surface area (Å²) in [6.45, 7) is 8.76. The minimum absolute atomic E-state index is 0.332. The van der Waals surface area contributed by atoms with E-state index in [1.54, 1.807) is 0 Å². The molecule has 0 spiro atoms. The first-order chi connectivity index (χ1) is 18.2. The molecule has 0 aliphatic rings. The van der Waals surface area contributed by atoms with Crippen molar-refractivity contribution in [2.75, 3.05) is 13.2 Å². The maximum atomic E-state index is 10.3. The van der Waals surface area contributed by atoms with Crippen molar-refractivity contribution in [2.45, 2.75) is 188 Å². The maximum Gasteiger partial charge on any atom is 0.303 e. The molecule has 0 aromatic carbocycles. The summed E-state index contributed by atoms with van der Waals surface area (Å²) in [7, 11) is 0. The van der Waals surface area contributed by atoms with Crippen LogP contribution >= 0.6 is 0 Å². The van der Waals surface area contributed by atoms with E-state index in [2.05, 4.69) is 32.9 Å². The molecule has 0 heterocycles. The van der Waals surface area contributed by atoms with Gasteiger partial charge in [0.15, 0.2) is 0 Å². The van der Waals surface area contributed by atoms with Crippen LogP contribution in [0.3, 0.4) is 0 Å². The summed E-state index contributed by atoms with van der Waals surface area (Å²) in [6.07, 6.45) is 37.6. The Morgan fingerprint density at radius 1 is 0.486 bits per heavy atom. The number of rotatable bonds is 29. The molecule has 3 heteroatoms. The molecular formula is C34H68O3. The average Bonchev–Trinajstić information content (AvgIpc) is 2.89. The maximum absolute atomic E-state index is 10.3. The largest absolute Gasteiger partial charge is 0.481 e. The lowest BCUT2D eigenvalue weighted by Gasteiger charge is -2.04. The number of aliphatic carboxylic acids is 1. The van der Waals surface area contributed by atoms with E-state index in [1.807, 2.05) is 0 Å². The quantitative estimate of drug-likeness (QED) is 0.0781. The Morgan fingerprint density at radius 3 is 1.22 bits per heavy atom. The summed E-state index contributed by atoms with van der Waals surface area (Å²) < 4.78 is 5.63. The molecule has 0 atom stereocenters. The van der Waals surface area contributed by atoms with Crippen LogP contribution in [0.4, 0.5) is 0 Å². The summed E-state index contributed by atoms with van der Waals surface area (Å²) in [5.41, 5.74) is 0. The summed E-state index contributed by atoms with van der Waals surface area (Å²) in [5.74, 6) is -0.664. The van der Waals surface area contributed by atoms with Crippen molar-refractivity contribution in [1.82, 2.24) is 0 Å². The molecule has 0 fully saturated rings. The molecule has 37 heavy (non-hydrogen) atoms. The smallest absolute Gasteiger partial charge is 0.303 e. The van der Waals surface area contributed by atoms with Gasteiger partial charge in [-0.25, -0.2) is 0 Å². The third-order valence-electron chi connectivity index (χ3n) is 6.94. The lowest BCUT2D eigenvalue weighted by atomic mass is 10.1. The van der Waals surface area contributed by atoms with Gasteiger partial charge in [0.05, 0.1) is 0 Å². The van der Waals surface area contributed by atoms with Gasteiger partial charge < -0.3 is 9.84 Å². The molecule has 1 N–H and O–H groups in total. The second kappa shape index (κ2) is 37.3. The predicted molar refractivity (Wildman–Crippen MR) is 165 cm³/mol. The number of allylic oxidation sites excluding steroid dienone is 2. The van der Waals surface area contributed by atoms with E-state index < -0.39 is 5.97 Å². The molecule has 0 saturated carbocycles. The second-order valence-corrected chi connectivity index (χ2v) is 10.9. The van der Waals surface area contributed by atoms with Crippen LogP contribution < -0.4 is 0 Å². The Bertz CT molecular complexity index is 419. The van der Waals surface area contributed by atoms with Crippen LogP contribution in [0, 0.1) is 0 Å². The molecule has 0 aliphatic carbocycles. The molecule has 0 saturated heterocycles. The van der Waals surface area contributed by atoms with Crippen LogP contribution in [0.1, 0.15) is 188 Å². The fourth-order valence-corrected chi connectivity index (χ4v) is 4.42. The molecule has 0 amide bonds. The van der Waals surface area contributed by atoms with Gasteiger partial charge in [-0.3, -0.25) is 4.79 Å². The first-order valence-corrected chi connectivity index (χ1v) is 16.6. The van der Waals surface area contributed by atoms with Crippen LogP contribution in [-0.4, -0.2) is 24.3 Å². The Kier molecular flexibility index (Phi) is 38.7. The van der Waals surface area contributed by atoms with E-state index in [1.165, 1.54) is 148 Å². The molecule has 222 valence electrons. The number of carboxylic acid groups (broad SMARTS) is 1. The van der Waals surface area contributed by atoms with Crippen LogP contribution in [-0.2, 0) is 9.53 Å². The Labute approximate surface area is 233 Å². The fourth-order valence-electron chi connectivity index (χ4n) is 4.42.